The van der Waals surface area contributed by atoms with Crippen LogP contribution >= 0.6 is 0 Å². The molecule has 0 aliphatic heterocycles. The fourth-order valence-electron chi connectivity index (χ4n) is 1.10. The van der Waals surface area contributed by atoms with E-state index in [0.717, 1.165) is 11.4 Å². The smallest absolute Gasteiger partial charge is 0.0856 e. The van der Waals surface area contributed by atoms with Crippen LogP contribution in [0.5, 0.6) is 0 Å². The fourth-order valence-corrected chi connectivity index (χ4v) is 1.10. The molecule has 0 aliphatic rings. The second kappa shape index (κ2) is 11.8. The molecule has 2 nitrogen and oxygen atoms in total. The fraction of sp³-hybridized carbons (Fsp3) is 0.500. The van der Waals surface area contributed by atoms with Crippen LogP contribution in [0.4, 0.5) is 11.4 Å². The molecular formula is C14H26N2. The van der Waals surface area contributed by atoms with Crippen molar-refractivity contribution in [2.24, 2.45) is 4.99 Å². The molecule has 2 heteroatoms. The molecule has 0 saturated heterocycles. The number of hydrogen-bond donors (Lipinski definition) is 1. The van der Waals surface area contributed by atoms with Crippen LogP contribution in [0.3, 0.4) is 0 Å². The topological polar surface area (TPSA) is 24.4 Å². The van der Waals surface area contributed by atoms with E-state index in [4.69, 9.17) is 0 Å². The van der Waals surface area contributed by atoms with E-state index >= 15 is 0 Å². The molecule has 0 fully saturated rings. The Labute approximate surface area is 101 Å². The Kier molecular flexibility index (Phi) is 12.6. The number of nitrogens with one attached hydrogen (secondary N) is 1. The van der Waals surface area contributed by atoms with Crippen molar-refractivity contribution in [2.75, 3.05) is 12.4 Å². The summed E-state index contributed by atoms with van der Waals surface area (Å²) in [5.74, 6) is 0. The van der Waals surface area contributed by atoms with E-state index in [-0.39, 0.29) is 0 Å². The lowest BCUT2D eigenvalue weighted by molar-refractivity contribution is 1.40. The summed E-state index contributed by atoms with van der Waals surface area (Å²) < 4.78 is 0. The first-order valence-corrected chi connectivity index (χ1v) is 6.05. The van der Waals surface area contributed by atoms with Crippen molar-refractivity contribution in [3.8, 4) is 0 Å². The Morgan fingerprint density at radius 2 is 1.69 bits per heavy atom. The van der Waals surface area contributed by atoms with Gasteiger partial charge in [0, 0.05) is 13.3 Å². The summed E-state index contributed by atoms with van der Waals surface area (Å²) in [7, 11) is 1.91. The van der Waals surface area contributed by atoms with Gasteiger partial charge in [-0.25, -0.2) is 0 Å². The van der Waals surface area contributed by atoms with Crippen LogP contribution < -0.4 is 5.32 Å². The third-order valence-corrected chi connectivity index (χ3v) is 1.69. The lowest BCUT2D eigenvalue weighted by Gasteiger charge is -2.04. The largest absolute Gasteiger partial charge is 0.386 e. The quantitative estimate of drug-likeness (QED) is 0.713. The van der Waals surface area contributed by atoms with E-state index < -0.39 is 0 Å². The predicted octanol–water partition coefficient (Wildman–Crippen LogP) is 4.81. The Balaban J connectivity index is 0. The summed E-state index contributed by atoms with van der Waals surface area (Å²) in [6, 6.07) is 6.16. The van der Waals surface area contributed by atoms with Gasteiger partial charge in [0.2, 0.25) is 0 Å². The highest BCUT2D eigenvalue weighted by atomic mass is 14.9. The van der Waals surface area contributed by atoms with Crippen LogP contribution in [-0.2, 0) is 0 Å². The number of anilines is 1. The van der Waals surface area contributed by atoms with E-state index in [0.29, 0.717) is 0 Å². The van der Waals surface area contributed by atoms with Gasteiger partial charge in [0.15, 0.2) is 0 Å². The van der Waals surface area contributed by atoms with E-state index in [1.807, 2.05) is 47.7 Å². The summed E-state index contributed by atoms with van der Waals surface area (Å²) in [6.07, 6.45) is 1.80. The number of aryl methyl sites for hydroxylation is 1. The Morgan fingerprint density at radius 1 is 1.12 bits per heavy atom. The molecule has 16 heavy (non-hydrogen) atoms. The van der Waals surface area contributed by atoms with E-state index in [2.05, 4.69) is 29.4 Å². The minimum Gasteiger partial charge on any atom is -0.386 e. The van der Waals surface area contributed by atoms with Gasteiger partial charge in [0.25, 0.3) is 0 Å². The summed E-state index contributed by atoms with van der Waals surface area (Å²) >= 11 is 0. The third kappa shape index (κ3) is 6.23. The maximum absolute atomic E-state index is 4.23. The molecule has 1 N–H and O–H groups in total. The van der Waals surface area contributed by atoms with Gasteiger partial charge in [-0.05, 0) is 31.5 Å². The van der Waals surface area contributed by atoms with Gasteiger partial charge < -0.3 is 5.32 Å². The molecule has 0 unspecified atom stereocenters. The van der Waals surface area contributed by atoms with Crippen LogP contribution in [-0.4, -0.2) is 13.3 Å². The van der Waals surface area contributed by atoms with Gasteiger partial charge in [-0.3, -0.25) is 4.99 Å². The van der Waals surface area contributed by atoms with Gasteiger partial charge in [-0.15, -0.1) is 0 Å². The molecule has 0 atom stereocenters. The maximum Gasteiger partial charge on any atom is 0.0856 e. The Morgan fingerprint density at radius 3 is 2.12 bits per heavy atom. The molecule has 1 aromatic carbocycles. The highest BCUT2D eigenvalue weighted by molar-refractivity contribution is 5.71. The first-order chi connectivity index (χ1) is 7.77. The summed E-state index contributed by atoms with van der Waals surface area (Å²) in [6.45, 7) is 12.0. The van der Waals surface area contributed by atoms with Crippen molar-refractivity contribution < 1.29 is 0 Å². The highest BCUT2D eigenvalue weighted by Gasteiger charge is 1.96. The average Bonchev–Trinajstić information content (AvgIpc) is 2.36. The number of nitrogens with zero attached hydrogens (tertiary/aromatic N) is 1. The highest BCUT2D eigenvalue weighted by Crippen LogP contribution is 2.24. The van der Waals surface area contributed by atoms with Crippen LogP contribution in [0.15, 0.2) is 23.2 Å². The van der Waals surface area contributed by atoms with Crippen LogP contribution in [0.1, 0.15) is 40.2 Å². The van der Waals surface area contributed by atoms with E-state index in [1.54, 1.807) is 6.21 Å². The number of aliphatic imine (C=N–C) groups is 1. The molecule has 0 aromatic heterocycles. The van der Waals surface area contributed by atoms with Gasteiger partial charge in [0.05, 0.1) is 11.4 Å². The number of rotatable bonds is 2. The minimum absolute atomic E-state index is 0.991. The molecule has 1 aromatic rings. The zero-order chi connectivity index (χ0) is 13.0. The van der Waals surface area contributed by atoms with Crippen molar-refractivity contribution in [3.05, 3.63) is 23.8 Å². The van der Waals surface area contributed by atoms with Gasteiger partial charge in [-0.2, -0.15) is 0 Å². The predicted molar refractivity (Wildman–Crippen MR) is 77.2 cm³/mol. The lowest BCUT2D eigenvalue weighted by Crippen LogP contribution is -1.88. The zero-order valence-electron chi connectivity index (χ0n) is 11.8. The molecule has 0 spiro atoms. The molecule has 1 rings (SSSR count). The van der Waals surface area contributed by atoms with E-state index in [1.165, 1.54) is 5.56 Å². The molecule has 0 aliphatic carbocycles. The Bertz CT molecular complexity index is 291. The van der Waals surface area contributed by atoms with Crippen LogP contribution in [0, 0.1) is 6.92 Å². The second-order valence-electron chi connectivity index (χ2n) is 2.66. The Hall–Kier alpha value is -1.31. The first kappa shape index (κ1) is 17.1. The van der Waals surface area contributed by atoms with Gasteiger partial charge >= 0.3 is 0 Å². The van der Waals surface area contributed by atoms with Gasteiger partial charge in [-0.1, -0.05) is 33.8 Å². The monoisotopic (exact) mass is 222 g/mol. The van der Waals surface area contributed by atoms with Gasteiger partial charge in [0.1, 0.15) is 0 Å². The third-order valence-electron chi connectivity index (χ3n) is 1.69. The normalized spacial score (nSPS) is 8.69. The molecule has 0 amide bonds. The van der Waals surface area contributed by atoms with E-state index in [9.17, 15) is 0 Å². The first-order valence-electron chi connectivity index (χ1n) is 6.05. The van der Waals surface area contributed by atoms with Crippen molar-refractivity contribution >= 4 is 17.6 Å². The molecule has 0 bridgehead atoms. The zero-order valence-corrected chi connectivity index (χ0v) is 11.8. The summed E-state index contributed by atoms with van der Waals surface area (Å²) in [5.41, 5.74) is 3.31. The second-order valence-corrected chi connectivity index (χ2v) is 2.66. The SMILES string of the molecule is CC.CC.CC=Nc1ccc(C)cc1NC. The summed E-state index contributed by atoms with van der Waals surface area (Å²) in [4.78, 5) is 4.23. The molecule has 0 heterocycles. The standard InChI is InChI=1S/C10H14N2.2C2H6/c1-4-12-9-6-5-8(2)7-10(9)11-3;2*1-2/h4-7,11H,1-3H3;2*1-2H3. The number of benzene rings is 1. The molecular weight excluding hydrogens is 196 g/mol. The van der Waals surface area contributed by atoms with Crippen LogP contribution in [0.2, 0.25) is 0 Å². The molecule has 0 saturated carbocycles. The van der Waals surface area contributed by atoms with Crippen molar-refractivity contribution in [2.45, 2.75) is 41.5 Å². The number of hydrogen-bond acceptors (Lipinski definition) is 2. The molecule has 0 radical (unpaired) electrons. The lowest BCUT2D eigenvalue weighted by atomic mass is 10.2. The average molecular weight is 222 g/mol. The van der Waals surface area contributed by atoms with Crippen molar-refractivity contribution in [1.29, 1.82) is 0 Å². The maximum atomic E-state index is 4.23. The molecule has 92 valence electrons. The van der Waals surface area contributed by atoms with Crippen molar-refractivity contribution in [3.63, 3.8) is 0 Å². The van der Waals surface area contributed by atoms with Crippen molar-refractivity contribution in [1.82, 2.24) is 0 Å². The summed E-state index contributed by atoms with van der Waals surface area (Å²) in [5, 5.41) is 3.11. The van der Waals surface area contributed by atoms with Crippen LogP contribution in [0.25, 0.3) is 0 Å². The minimum atomic E-state index is 0.991.